The number of benzene rings is 3. The van der Waals surface area contributed by atoms with Crippen molar-refractivity contribution >= 4 is 23.4 Å². The van der Waals surface area contributed by atoms with E-state index in [9.17, 15) is 9.18 Å². The molecule has 170 valence electrons. The molecule has 7 heteroatoms. The van der Waals surface area contributed by atoms with Gasteiger partial charge in [-0.15, -0.1) is 0 Å². The summed E-state index contributed by atoms with van der Waals surface area (Å²) in [5, 5.41) is 4.14. The molecule has 1 fully saturated rings. The van der Waals surface area contributed by atoms with Gasteiger partial charge in [-0.05, 0) is 67.8 Å². The molecular weight excluding hydrogens is 449 g/mol. The van der Waals surface area contributed by atoms with Crippen molar-refractivity contribution in [3.8, 4) is 22.8 Å². The van der Waals surface area contributed by atoms with Crippen molar-refractivity contribution in [2.75, 3.05) is 4.90 Å². The predicted molar refractivity (Wildman–Crippen MR) is 129 cm³/mol. The predicted octanol–water partition coefficient (Wildman–Crippen LogP) is 6.91. The molecule has 2 aliphatic rings. The highest BCUT2D eigenvalue weighted by molar-refractivity contribution is 7.99. The highest BCUT2D eigenvalue weighted by atomic mass is 32.2. The smallest absolute Gasteiger partial charge is 0.259 e. The summed E-state index contributed by atoms with van der Waals surface area (Å²) in [4.78, 5) is 22.0. The quantitative estimate of drug-likeness (QED) is 0.325. The standard InChI is InChI=1S/C27H22FN3O2S/c1-16-10-11-18(14-21(16)28)26-29-25(30-33-26)17-12-13-22-24(15-17)34-23-9-5-4-8-20(23)27(32)31(22)19-6-2-3-7-19/h4-5,8-15,19H,2-3,6-7H2,1H3. The van der Waals surface area contributed by atoms with E-state index in [1.165, 1.54) is 6.07 Å². The van der Waals surface area contributed by atoms with E-state index in [4.69, 9.17) is 4.52 Å². The summed E-state index contributed by atoms with van der Waals surface area (Å²) in [5.74, 6) is 0.444. The molecule has 0 radical (unpaired) electrons. The fraction of sp³-hybridized carbons (Fsp3) is 0.222. The van der Waals surface area contributed by atoms with Crippen molar-refractivity contribution < 1.29 is 13.7 Å². The van der Waals surface area contributed by atoms with Gasteiger partial charge in [-0.2, -0.15) is 4.98 Å². The van der Waals surface area contributed by atoms with Crippen LogP contribution in [-0.4, -0.2) is 22.1 Å². The fourth-order valence-electron chi connectivity index (χ4n) is 4.73. The molecule has 4 aromatic rings. The highest BCUT2D eigenvalue weighted by Gasteiger charge is 2.34. The lowest BCUT2D eigenvalue weighted by molar-refractivity contribution is 0.0974. The lowest BCUT2D eigenvalue weighted by atomic mass is 10.1. The van der Waals surface area contributed by atoms with Gasteiger partial charge in [0.2, 0.25) is 5.82 Å². The summed E-state index contributed by atoms with van der Waals surface area (Å²) >= 11 is 1.59. The third-order valence-electron chi connectivity index (χ3n) is 6.57. The molecule has 3 aromatic carbocycles. The number of carbonyl (C=O) groups is 1. The number of fused-ring (bicyclic) bond motifs is 2. The van der Waals surface area contributed by atoms with Crippen LogP contribution in [0.2, 0.25) is 0 Å². The molecule has 0 atom stereocenters. The van der Waals surface area contributed by atoms with E-state index in [-0.39, 0.29) is 23.7 Å². The molecule has 1 aromatic heterocycles. The Morgan fingerprint density at radius 2 is 1.79 bits per heavy atom. The van der Waals surface area contributed by atoms with E-state index in [2.05, 4.69) is 10.1 Å². The summed E-state index contributed by atoms with van der Waals surface area (Å²) in [7, 11) is 0. The van der Waals surface area contributed by atoms with Crippen LogP contribution in [0.15, 0.2) is 75.0 Å². The topological polar surface area (TPSA) is 59.2 Å². The van der Waals surface area contributed by atoms with Crippen LogP contribution in [0.25, 0.3) is 22.8 Å². The van der Waals surface area contributed by atoms with Gasteiger partial charge in [-0.25, -0.2) is 4.39 Å². The first-order chi connectivity index (χ1) is 16.6. The molecule has 6 rings (SSSR count). The van der Waals surface area contributed by atoms with Crippen LogP contribution in [0, 0.1) is 12.7 Å². The van der Waals surface area contributed by atoms with Gasteiger partial charge in [-0.3, -0.25) is 4.79 Å². The zero-order valence-electron chi connectivity index (χ0n) is 18.6. The molecular formula is C27H22FN3O2S. The van der Waals surface area contributed by atoms with Gasteiger partial charge >= 0.3 is 0 Å². The first-order valence-corrected chi connectivity index (χ1v) is 12.3. The monoisotopic (exact) mass is 471 g/mol. The summed E-state index contributed by atoms with van der Waals surface area (Å²) in [6, 6.07) is 18.8. The Morgan fingerprint density at radius 3 is 2.62 bits per heavy atom. The van der Waals surface area contributed by atoms with Crippen LogP contribution in [-0.2, 0) is 0 Å². The van der Waals surface area contributed by atoms with Crippen molar-refractivity contribution in [2.45, 2.75) is 48.4 Å². The summed E-state index contributed by atoms with van der Waals surface area (Å²) in [6.07, 6.45) is 4.31. The summed E-state index contributed by atoms with van der Waals surface area (Å²) in [6.45, 7) is 1.71. The van der Waals surface area contributed by atoms with Gasteiger partial charge in [0.25, 0.3) is 11.8 Å². The minimum Gasteiger partial charge on any atom is -0.334 e. The van der Waals surface area contributed by atoms with E-state index in [0.29, 0.717) is 17.0 Å². The lowest BCUT2D eigenvalue weighted by Crippen LogP contribution is -2.39. The second kappa shape index (κ2) is 8.40. The normalized spacial score (nSPS) is 15.8. The maximum Gasteiger partial charge on any atom is 0.259 e. The van der Waals surface area contributed by atoms with Crippen molar-refractivity contribution in [2.24, 2.45) is 0 Å². The maximum atomic E-state index is 14.0. The summed E-state index contributed by atoms with van der Waals surface area (Å²) < 4.78 is 19.5. The number of halogens is 1. The minimum absolute atomic E-state index is 0.0599. The van der Waals surface area contributed by atoms with Gasteiger partial charge in [0, 0.05) is 27.0 Å². The van der Waals surface area contributed by atoms with E-state index >= 15 is 0 Å². The van der Waals surface area contributed by atoms with Crippen molar-refractivity contribution in [3.05, 3.63) is 77.6 Å². The number of hydrogen-bond donors (Lipinski definition) is 0. The molecule has 5 nitrogen and oxygen atoms in total. The Kier molecular flexibility index (Phi) is 5.21. The third-order valence-corrected chi connectivity index (χ3v) is 7.69. The molecule has 34 heavy (non-hydrogen) atoms. The van der Waals surface area contributed by atoms with Gasteiger partial charge in [0.1, 0.15) is 5.82 Å². The Bertz CT molecular complexity index is 1410. The van der Waals surface area contributed by atoms with E-state index in [1.807, 2.05) is 47.4 Å². The molecule has 2 heterocycles. The second-order valence-corrected chi connectivity index (χ2v) is 9.87. The molecule has 0 N–H and O–H groups in total. The molecule has 1 aliphatic heterocycles. The number of carbonyl (C=O) groups excluding carboxylic acids is 1. The second-order valence-electron chi connectivity index (χ2n) is 8.78. The number of nitrogens with zero attached hydrogens (tertiary/aromatic N) is 3. The average Bonchev–Trinajstić information content (AvgIpc) is 3.53. The first-order valence-electron chi connectivity index (χ1n) is 11.4. The van der Waals surface area contributed by atoms with Crippen molar-refractivity contribution in [3.63, 3.8) is 0 Å². The minimum atomic E-state index is -0.311. The highest BCUT2D eigenvalue weighted by Crippen LogP contribution is 2.45. The number of aromatic nitrogens is 2. The van der Waals surface area contributed by atoms with Gasteiger partial charge < -0.3 is 9.42 Å². The molecule has 1 amide bonds. The molecule has 0 unspecified atom stereocenters. The zero-order valence-corrected chi connectivity index (χ0v) is 19.4. The summed E-state index contributed by atoms with van der Waals surface area (Å²) in [5.41, 5.74) is 3.55. The van der Waals surface area contributed by atoms with Crippen LogP contribution in [0.1, 0.15) is 41.6 Å². The van der Waals surface area contributed by atoms with Crippen LogP contribution in [0.5, 0.6) is 0 Å². The maximum absolute atomic E-state index is 14.0. The van der Waals surface area contributed by atoms with E-state index in [1.54, 1.807) is 30.8 Å². The third kappa shape index (κ3) is 3.60. The Balaban J connectivity index is 1.42. The lowest BCUT2D eigenvalue weighted by Gasteiger charge is -2.29. The molecule has 1 saturated carbocycles. The van der Waals surface area contributed by atoms with Crippen LogP contribution >= 0.6 is 11.8 Å². The number of hydrogen-bond acceptors (Lipinski definition) is 5. The van der Waals surface area contributed by atoms with E-state index < -0.39 is 0 Å². The van der Waals surface area contributed by atoms with Gasteiger partial charge in [0.05, 0.1) is 11.3 Å². The van der Waals surface area contributed by atoms with Gasteiger partial charge in [0.15, 0.2) is 0 Å². The molecule has 0 bridgehead atoms. The van der Waals surface area contributed by atoms with Gasteiger partial charge in [-0.1, -0.05) is 48.0 Å². The number of rotatable bonds is 3. The average molecular weight is 472 g/mol. The SMILES string of the molecule is Cc1ccc(-c2nc(-c3ccc4c(c3)Sc3ccccc3C(=O)N4C3CCCC3)no2)cc1F. The molecule has 0 spiro atoms. The number of amides is 1. The number of aryl methyl sites for hydroxylation is 1. The van der Waals surface area contributed by atoms with Crippen LogP contribution in [0.3, 0.4) is 0 Å². The first kappa shape index (κ1) is 21.1. The Hall–Kier alpha value is -3.45. The van der Waals surface area contributed by atoms with Crippen LogP contribution in [0.4, 0.5) is 10.1 Å². The van der Waals surface area contributed by atoms with Crippen LogP contribution < -0.4 is 4.90 Å². The molecule has 1 aliphatic carbocycles. The fourth-order valence-corrected chi connectivity index (χ4v) is 5.84. The Morgan fingerprint density at radius 1 is 1.00 bits per heavy atom. The van der Waals surface area contributed by atoms with E-state index in [0.717, 1.165) is 52.3 Å². The van der Waals surface area contributed by atoms with Crippen molar-refractivity contribution in [1.29, 1.82) is 0 Å². The zero-order chi connectivity index (χ0) is 23.2. The largest absolute Gasteiger partial charge is 0.334 e. The Labute approximate surface area is 201 Å². The molecule has 0 saturated heterocycles. The number of anilines is 1. The van der Waals surface area contributed by atoms with Crippen molar-refractivity contribution in [1.82, 2.24) is 10.1 Å².